The van der Waals surface area contributed by atoms with Crippen molar-refractivity contribution in [2.24, 2.45) is 0 Å². The Morgan fingerprint density at radius 2 is 2.06 bits per heavy atom. The monoisotopic (exact) mass is 251 g/mol. The highest BCUT2D eigenvalue weighted by atomic mass is 32.2. The molecule has 0 saturated heterocycles. The van der Waals surface area contributed by atoms with Gasteiger partial charge in [-0.3, -0.25) is 4.79 Å². The zero-order valence-corrected chi connectivity index (χ0v) is 10.1. The lowest BCUT2D eigenvalue weighted by molar-refractivity contribution is -0.126. The first kappa shape index (κ1) is 11.9. The van der Waals surface area contributed by atoms with E-state index in [4.69, 9.17) is 0 Å². The van der Waals surface area contributed by atoms with Crippen LogP contribution in [0.3, 0.4) is 0 Å². The third-order valence-electron chi connectivity index (χ3n) is 2.79. The average Bonchev–Trinajstić information content (AvgIpc) is 2.46. The minimum atomic E-state index is -3.28. The Morgan fingerprint density at radius 3 is 2.76 bits per heavy atom. The van der Waals surface area contributed by atoms with Gasteiger partial charge in [0.05, 0.1) is 10.6 Å². The van der Waals surface area contributed by atoms with Crippen molar-refractivity contribution < 1.29 is 13.2 Å². The number of carbonyl (C=O) groups is 1. The molecule has 0 spiro atoms. The summed E-state index contributed by atoms with van der Waals surface area (Å²) < 4.78 is 24.0. The van der Waals surface area contributed by atoms with Gasteiger partial charge in [0.1, 0.15) is 0 Å². The quantitative estimate of drug-likeness (QED) is 0.699. The van der Waals surface area contributed by atoms with E-state index in [1.807, 2.05) is 0 Å². The molecule has 1 aromatic rings. The van der Waals surface area contributed by atoms with Crippen LogP contribution < -0.4 is 0 Å². The van der Waals surface area contributed by atoms with Crippen molar-refractivity contribution in [3.63, 3.8) is 0 Å². The van der Waals surface area contributed by atoms with Crippen molar-refractivity contribution in [2.75, 3.05) is 12.3 Å². The summed E-state index contributed by atoms with van der Waals surface area (Å²) in [7, 11) is -3.28. The van der Waals surface area contributed by atoms with Gasteiger partial charge < -0.3 is 4.90 Å². The van der Waals surface area contributed by atoms with Gasteiger partial charge in [-0.05, 0) is 17.7 Å². The summed E-state index contributed by atoms with van der Waals surface area (Å²) in [6.07, 6.45) is 1.21. The Balaban J connectivity index is 2.47. The molecule has 0 N–H and O–H groups in total. The van der Waals surface area contributed by atoms with Crippen molar-refractivity contribution >= 4 is 15.7 Å². The molecule has 5 heteroatoms. The summed E-state index contributed by atoms with van der Waals surface area (Å²) in [5.74, 6) is -0.277. The molecule has 1 heterocycles. The van der Waals surface area contributed by atoms with Crippen LogP contribution in [-0.2, 0) is 21.2 Å². The van der Waals surface area contributed by atoms with Crippen molar-refractivity contribution in [1.82, 2.24) is 4.90 Å². The maximum atomic E-state index is 12.0. The average molecular weight is 251 g/mol. The number of carbonyl (C=O) groups excluding carboxylic acids is 1. The maximum Gasteiger partial charge on any atom is 0.246 e. The SMILES string of the molecule is C=CC(=O)N1CCS(=O)(=O)c2ccccc2C1. The van der Waals surface area contributed by atoms with Crippen molar-refractivity contribution in [2.45, 2.75) is 11.4 Å². The third-order valence-corrected chi connectivity index (χ3v) is 4.57. The Morgan fingerprint density at radius 1 is 1.35 bits per heavy atom. The second-order valence-electron chi connectivity index (χ2n) is 3.89. The number of nitrogens with zero attached hydrogens (tertiary/aromatic N) is 1. The standard InChI is InChI=1S/C12H13NO3S/c1-2-12(14)13-7-8-17(15,16)11-6-4-3-5-10(11)9-13/h2-6H,1,7-9H2. The van der Waals surface area contributed by atoms with Gasteiger partial charge in [-0.2, -0.15) is 0 Å². The molecule has 0 aromatic heterocycles. The van der Waals surface area contributed by atoms with E-state index in [0.29, 0.717) is 17.0 Å². The minimum Gasteiger partial charge on any atom is -0.334 e. The van der Waals surface area contributed by atoms with E-state index < -0.39 is 9.84 Å². The maximum absolute atomic E-state index is 12.0. The summed E-state index contributed by atoms with van der Waals surface area (Å²) >= 11 is 0. The fourth-order valence-electron chi connectivity index (χ4n) is 1.88. The highest BCUT2D eigenvalue weighted by molar-refractivity contribution is 7.91. The summed E-state index contributed by atoms with van der Waals surface area (Å²) in [5.41, 5.74) is 0.667. The topological polar surface area (TPSA) is 54.5 Å². The van der Waals surface area contributed by atoms with Gasteiger partial charge in [-0.25, -0.2) is 8.42 Å². The van der Waals surface area contributed by atoms with Gasteiger partial charge in [0.15, 0.2) is 9.84 Å². The van der Waals surface area contributed by atoms with Crippen molar-refractivity contribution in [3.05, 3.63) is 42.5 Å². The Kier molecular flexibility index (Phi) is 3.02. The van der Waals surface area contributed by atoms with Gasteiger partial charge in [0.2, 0.25) is 5.91 Å². The first-order chi connectivity index (χ1) is 8.04. The lowest BCUT2D eigenvalue weighted by Gasteiger charge is -2.17. The van der Waals surface area contributed by atoms with E-state index in [0.717, 1.165) is 0 Å². The number of sulfone groups is 1. The van der Waals surface area contributed by atoms with E-state index in [2.05, 4.69) is 6.58 Å². The van der Waals surface area contributed by atoms with E-state index >= 15 is 0 Å². The first-order valence-electron chi connectivity index (χ1n) is 5.26. The largest absolute Gasteiger partial charge is 0.334 e. The summed E-state index contributed by atoms with van der Waals surface area (Å²) in [5, 5.41) is 0. The zero-order chi connectivity index (χ0) is 12.5. The van der Waals surface area contributed by atoms with Crippen LogP contribution in [0, 0.1) is 0 Å². The number of fused-ring (bicyclic) bond motifs is 1. The predicted molar refractivity (Wildman–Crippen MR) is 64.1 cm³/mol. The van der Waals surface area contributed by atoms with Crippen LogP contribution in [0.5, 0.6) is 0 Å². The lowest BCUT2D eigenvalue weighted by atomic mass is 10.2. The molecule has 0 saturated carbocycles. The Labute approximate surface area is 100 Å². The molecule has 0 unspecified atom stereocenters. The second-order valence-corrected chi connectivity index (χ2v) is 5.97. The number of benzene rings is 1. The van der Waals surface area contributed by atoms with Crippen LogP contribution in [0.15, 0.2) is 41.8 Å². The second kappa shape index (κ2) is 4.33. The highest BCUT2D eigenvalue weighted by Crippen LogP contribution is 2.22. The van der Waals surface area contributed by atoms with E-state index in [1.54, 1.807) is 24.3 Å². The Hall–Kier alpha value is -1.62. The molecule has 0 bridgehead atoms. The lowest BCUT2D eigenvalue weighted by Crippen LogP contribution is -2.30. The number of amides is 1. The van der Waals surface area contributed by atoms with Crippen LogP contribution in [-0.4, -0.2) is 31.5 Å². The number of hydrogen-bond donors (Lipinski definition) is 0. The first-order valence-corrected chi connectivity index (χ1v) is 6.92. The minimum absolute atomic E-state index is 0.0381. The molecule has 0 fully saturated rings. The zero-order valence-electron chi connectivity index (χ0n) is 9.30. The predicted octanol–water partition coefficient (Wildman–Crippen LogP) is 0.988. The normalized spacial score (nSPS) is 18.0. The summed E-state index contributed by atoms with van der Waals surface area (Å²) in [6.45, 7) is 3.95. The molecule has 4 nitrogen and oxygen atoms in total. The Bertz CT molecular complexity index is 563. The van der Waals surface area contributed by atoms with Gasteiger partial charge in [-0.1, -0.05) is 24.8 Å². The molecule has 1 amide bonds. The van der Waals surface area contributed by atoms with Crippen LogP contribution in [0.1, 0.15) is 5.56 Å². The molecular formula is C12H13NO3S. The number of hydrogen-bond acceptors (Lipinski definition) is 3. The van der Waals surface area contributed by atoms with E-state index in [9.17, 15) is 13.2 Å². The fourth-order valence-corrected chi connectivity index (χ4v) is 3.38. The van der Waals surface area contributed by atoms with Gasteiger partial charge in [0.25, 0.3) is 0 Å². The van der Waals surface area contributed by atoms with Gasteiger partial charge in [-0.15, -0.1) is 0 Å². The molecule has 90 valence electrons. The smallest absolute Gasteiger partial charge is 0.246 e. The summed E-state index contributed by atoms with van der Waals surface area (Å²) in [6, 6.07) is 6.80. The molecule has 2 rings (SSSR count). The highest BCUT2D eigenvalue weighted by Gasteiger charge is 2.26. The molecular weight excluding hydrogens is 238 g/mol. The van der Waals surface area contributed by atoms with Crippen LogP contribution in [0.2, 0.25) is 0 Å². The van der Waals surface area contributed by atoms with Crippen molar-refractivity contribution in [3.8, 4) is 0 Å². The molecule has 1 aliphatic heterocycles. The third kappa shape index (κ3) is 2.24. The molecule has 0 radical (unpaired) electrons. The van der Waals surface area contributed by atoms with E-state index in [1.165, 1.54) is 11.0 Å². The molecule has 17 heavy (non-hydrogen) atoms. The molecule has 1 aliphatic rings. The van der Waals surface area contributed by atoms with Gasteiger partial charge in [0, 0.05) is 13.1 Å². The van der Waals surface area contributed by atoms with Crippen LogP contribution >= 0.6 is 0 Å². The molecule has 0 atom stereocenters. The molecule has 0 aliphatic carbocycles. The van der Waals surface area contributed by atoms with E-state index in [-0.39, 0.29) is 18.2 Å². The number of rotatable bonds is 1. The molecule has 1 aromatic carbocycles. The van der Waals surface area contributed by atoms with Crippen molar-refractivity contribution in [1.29, 1.82) is 0 Å². The van der Waals surface area contributed by atoms with Gasteiger partial charge >= 0.3 is 0 Å². The van der Waals surface area contributed by atoms with Crippen LogP contribution in [0.4, 0.5) is 0 Å². The fraction of sp³-hybridized carbons (Fsp3) is 0.250. The van der Waals surface area contributed by atoms with Crippen LogP contribution in [0.25, 0.3) is 0 Å². The summed E-state index contributed by atoms with van der Waals surface area (Å²) in [4.78, 5) is 13.4.